The van der Waals surface area contributed by atoms with Gasteiger partial charge in [-0.25, -0.2) is 0 Å². The average Bonchev–Trinajstić information content (AvgIpc) is 2.49. The molecule has 0 amide bonds. The molecule has 1 nitrogen and oxygen atoms in total. The molecule has 3 atom stereocenters. The number of hydrogen-bond acceptors (Lipinski definition) is 1. The van der Waals surface area contributed by atoms with Gasteiger partial charge in [0.25, 0.3) is 0 Å². The van der Waals surface area contributed by atoms with Gasteiger partial charge < -0.3 is 4.74 Å². The molecule has 0 bridgehead atoms. The van der Waals surface area contributed by atoms with E-state index in [1.807, 2.05) is 6.08 Å². The highest BCUT2D eigenvalue weighted by Gasteiger charge is 2.33. The highest BCUT2D eigenvalue weighted by Crippen LogP contribution is 2.33. The molecule has 1 heteroatoms. The summed E-state index contributed by atoms with van der Waals surface area (Å²) in [6, 6.07) is 0. The van der Waals surface area contributed by atoms with Crippen molar-refractivity contribution < 1.29 is 4.74 Å². The van der Waals surface area contributed by atoms with Gasteiger partial charge in [0.2, 0.25) is 0 Å². The summed E-state index contributed by atoms with van der Waals surface area (Å²) in [6.07, 6.45) is 6.55. The SMILES string of the molecule is C=CC1CC(C(CC)CC)OC1C. The van der Waals surface area contributed by atoms with Crippen LogP contribution in [0.2, 0.25) is 0 Å². The monoisotopic (exact) mass is 182 g/mol. The van der Waals surface area contributed by atoms with E-state index < -0.39 is 0 Å². The maximum atomic E-state index is 5.94. The zero-order valence-electron chi connectivity index (χ0n) is 9.12. The summed E-state index contributed by atoms with van der Waals surface area (Å²) in [6.45, 7) is 10.5. The molecule has 0 aliphatic carbocycles. The van der Waals surface area contributed by atoms with Gasteiger partial charge in [0.1, 0.15) is 0 Å². The van der Waals surface area contributed by atoms with Crippen molar-refractivity contribution >= 4 is 0 Å². The topological polar surface area (TPSA) is 9.23 Å². The molecule has 0 saturated carbocycles. The quantitative estimate of drug-likeness (QED) is 0.605. The first kappa shape index (κ1) is 10.8. The molecule has 13 heavy (non-hydrogen) atoms. The minimum absolute atomic E-state index is 0.378. The summed E-state index contributed by atoms with van der Waals surface area (Å²) in [5, 5.41) is 0. The molecule has 0 radical (unpaired) electrons. The van der Waals surface area contributed by atoms with E-state index >= 15 is 0 Å². The van der Waals surface area contributed by atoms with Crippen LogP contribution >= 0.6 is 0 Å². The van der Waals surface area contributed by atoms with E-state index in [4.69, 9.17) is 4.74 Å². The fraction of sp³-hybridized carbons (Fsp3) is 0.833. The summed E-state index contributed by atoms with van der Waals surface area (Å²) in [4.78, 5) is 0. The lowest BCUT2D eigenvalue weighted by Gasteiger charge is -2.20. The van der Waals surface area contributed by atoms with Crippen molar-refractivity contribution in [2.24, 2.45) is 11.8 Å². The van der Waals surface area contributed by atoms with Gasteiger partial charge >= 0.3 is 0 Å². The maximum Gasteiger partial charge on any atom is 0.0614 e. The third-order valence-corrected chi connectivity index (χ3v) is 3.37. The number of hydrogen-bond donors (Lipinski definition) is 0. The van der Waals surface area contributed by atoms with Gasteiger partial charge in [-0.2, -0.15) is 0 Å². The van der Waals surface area contributed by atoms with Gasteiger partial charge in [0.15, 0.2) is 0 Å². The molecule has 0 N–H and O–H groups in total. The molecule has 1 saturated heterocycles. The minimum Gasteiger partial charge on any atom is -0.374 e. The standard InChI is InChI=1S/C12H22O/c1-5-10(6-2)12-8-11(7-3)9(4)13-12/h7,9-12H,3,5-6,8H2,1-2,4H3. The molecule has 0 spiro atoms. The zero-order chi connectivity index (χ0) is 9.84. The lowest BCUT2D eigenvalue weighted by Crippen LogP contribution is -2.19. The van der Waals surface area contributed by atoms with E-state index in [-0.39, 0.29) is 0 Å². The predicted octanol–water partition coefficient (Wildman–Crippen LogP) is 3.40. The Bertz CT molecular complexity index is 161. The van der Waals surface area contributed by atoms with E-state index in [1.165, 1.54) is 19.3 Å². The van der Waals surface area contributed by atoms with Crippen LogP contribution < -0.4 is 0 Å². The van der Waals surface area contributed by atoms with Crippen molar-refractivity contribution in [3.05, 3.63) is 12.7 Å². The van der Waals surface area contributed by atoms with Crippen LogP contribution in [0, 0.1) is 11.8 Å². The van der Waals surface area contributed by atoms with E-state index in [2.05, 4.69) is 27.4 Å². The minimum atomic E-state index is 0.378. The second kappa shape index (κ2) is 4.80. The van der Waals surface area contributed by atoms with Crippen LogP contribution in [-0.2, 0) is 4.74 Å². The molecule has 1 heterocycles. The van der Waals surface area contributed by atoms with Crippen LogP contribution in [-0.4, -0.2) is 12.2 Å². The van der Waals surface area contributed by atoms with E-state index in [1.54, 1.807) is 0 Å². The Labute approximate surface area is 82.2 Å². The molecule has 1 aliphatic heterocycles. The Kier molecular flexibility index (Phi) is 3.98. The second-order valence-electron chi connectivity index (χ2n) is 4.09. The van der Waals surface area contributed by atoms with Crippen molar-refractivity contribution in [2.45, 2.75) is 52.2 Å². The van der Waals surface area contributed by atoms with Gasteiger partial charge in [-0.15, -0.1) is 6.58 Å². The number of ether oxygens (including phenoxy) is 1. The lowest BCUT2D eigenvalue weighted by molar-refractivity contribution is 0.0133. The fourth-order valence-electron chi connectivity index (χ4n) is 2.30. The number of rotatable bonds is 4. The Morgan fingerprint density at radius 3 is 2.46 bits per heavy atom. The zero-order valence-corrected chi connectivity index (χ0v) is 9.12. The molecule has 1 aliphatic rings. The Morgan fingerprint density at radius 2 is 2.08 bits per heavy atom. The molecular weight excluding hydrogens is 160 g/mol. The smallest absolute Gasteiger partial charge is 0.0614 e. The molecule has 1 rings (SSSR count). The van der Waals surface area contributed by atoms with Crippen LogP contribution in [0.15, 0.2) is 12.7 Å². The van der Waals surface area contributed by atoms with Gasteiger partial charge in [0.05, 0.1) is 12.2 Å². The molecule has 0 aromatic carbocycles. The Balaban J connectivity index is 2.51. The first-order valence-electron chi connectivity index (χ1n) is 5.50. The van der Waals surface area contributed by atoms with Crippen LogP contribution in [0.25, 0.3) is 0 Å². The lowest BCUT2D eigenvalue weighted by atomic mass is 9.91. The molecule has 1 fully saturated rings. The first-order valence-corrected chi connectivity index (χ1v) is 5.50. The van der Waals surface area contributed by atoms with Crippen LogP contribution in [0.4, 0.5) is 0 Å². The summed E-state index contributed by atoms with van der Waals surface area (Å²) < 4.78 is 5.94. The van der Waals surface area contributed by atoms with E-state index in [9.17, 15) is 0 Å². The fourth-order valence-corrected chi connectivity index (χ4v) is 2.30. The average molecular weight is 182 g/mol. The molecule has 0 aromatic heterocycles. The van der Waals surface area contributed by atoms with Crippen LogP contribution in [0.1, 0.15) is 40.0 Å². The van der Waals surface area contributed by atoms with E-state index in [0.29, 0.717) is 18.1 Å². The van der Waals surface area contributed by atoms with Crippen molar-refractivity contribution in [1.29, 1.82) is 0 Å². The van der Waals surface area contributed by atoms with Crippen LogP contribution in [0.3, 0.4) is 0 Å². The molecule has 76 valence electrons. The summed E-state index contributed by atoms with van der Waals surface area (Å²) in [5.74, 6) is 1.32. The summed E-state index contributed by atoms with van der Waals surface area (Å²) in [5.41, 5.74) is 0. The highest BCUT2D eigenvalue weighted by atomic mass is 16.5. The predicted molar refractivity (Wildman–Crippen MR) is 56.7 cm³/mol. The van der Waals surface area contributed by atoms with Gasteiger partial charge in [-0.05, 0) is 19.3 Å². The third kappa shape index (κ3) is 2.34. The summed E-state index contributed by atoms with van der Waals surface area (Å²) in [7, 11) is 0. The second-order valence-corrected chi connectivity index (χ2v) is 4.09. The van der Waals surface area contributed by atoms with E-state index in [0.717, 1.165) is 5.92 Å². The van der Waals surface area contributed by atoms with Crippen LogP contribution in [0.5, 0.6) is 0 Å². The molecule has 0 aromatic rings. The van der Waals surface area contributed by atoms with Gasteiger partial charge in [-0.1, -0.05) is 32.8 Å². The normalized spacial score (nSPS) is 34.0. The molecule has 3 unspecified atom stereocenters. The van der Waals surface area contributed by atoms with Gasteiger partial charge in [-0.3, -0.25) is 0 Å². The Morgan fingerprint density at radius 1 is 1.46 bits per heavy atom. The first-order chi connectivity index (χ1) is 6.22. The van der Waals surface area contributed by atoms with Crippen molar-refractivity contribution in [2.75, 3.05) is 0 Å². The Hall–Kier alpha value is -0.300. The third-order valence-electron chi connectivity index (χ3n) is 3.37. The van der Waals surface area contributed by atoms with Gasteiger partial charge in [0, 0.05) is 5.92 Å². The highest BCUT2D eigenvalue weighted by molar-refractivity contribution is 4.92. The van der Waals surface area contributed by atoms with Crippen molar-refractivity contribution in [3.8, 4) is 0 Å². The summed E-state index contributed by atoms with van der Waals surface area (Å²) >= 11 is 0. The maximum absolute atomic E-state index is 5.94. The van der Waals surface area contributed by atoms with Crippen molar-refractivity contribution in [3.63, 3.8) is 0 Å². The van der Waals surface area contributed by atoms with Crippen molar-refractivity contribution in [1.82, 2.24) is 0 Å². The largest absolute Gasteiger partial charge is 0.374 e. The molecular formula is C12H22O.